The summed E-state index contributed by atoms with van der Waals surface area (Å²) in [6.45, 7) is 1.70. The Labute approximate surface area is 166 Å². The average molecular weight is 390 g/mol. The number of nitrogens with one attached hydrogen (secondary N) is 1. The molecule has 1 N–H and O–H groups in total. The summed E-state index contributed by atoms with van der Waals surface area (Å²) in [5.74, 6) is 1.95. The van der Waals surface area contributed by atoms with Crippen LogP contribution in [-0.4, -0.2) is 18.5 Å². The lowest BCUT2D eigenvalue weighted by Crippen LogP contribution is -2.47. The average Bonchev–Trinajstić information content (AvgIpc) is 2.59. The molecule has 0 saturated heterocycles. The molecule has 146 valence electrons. The van der Waals surface area contributed by atoms with Crippen LogP contribution in [0.3, 0.4) is 0 Å². The molecule has 4 aliphatic carbocycles. The highest BCUT2D eigenvalue weighted by Gasteiger charge is 2.51. The molecule has 4 fully saturated rings. The van der Waals surface area contributed by atoms with E-state index in [0.29, 0.717) is 11.4 Å². The highest BCUT2D eigenvalue weighted by molar-refractivity contribution is 6.30. The predicted octanol–water partition coefficient (Wildman–Crippen LogP) is 4.67. The molecule has 0 unspecified atom stereocenters. The van der Waals surface area contributed by atoms with E-state index in [4.69, 9.17) is 16.3 Å². The molecular formula is C22H28ClNO3. The number of hydrogen-bond donors (Lipinski definition) is 1. The van der Waals surface area contributed by atoms with Crippen molar-refractivity contribution in [1.82, 2.24) is 5.32 Å². The highest BCUT2D eigenvalue weighted by atomic mass is 35.5. The molecule has 0 heterocycles. The van der Waals surface area contributed by atoms with E-state index >= 15 is 0 Å². The monoisotopic (exact) mass is 389 g/mol. The third-order valence-electron chi connectivity index (χ3n) is 6.80. The van der Waals surface area contributed by atoms with Gasteiger partial charge in [0, 0.05) is 5.02 Å². The van der Waals surface area contributed by atoms with E-state index in [9.17, 15) is 9.59 Å². The van der Waals surface area contributed by atoms with Crippen molar-refractivity contribution in [3.05, 3.63) is 34.9 Å². The van der Waals surface area contributed by atoms with Gasteiger partial charge in [-0.2, -0.15) is 0 Å². The van der Waals surface area contributed by atoms with Gasteiger partial charge in [-0.25, -0.2) is 0 Å². The summed E-state index contributed by atoms with van der Waals surface area (Å²) in [5.41, 5.74) is 1.12. The molecule has 1 aromatic rings. The lowest BCUT2D eigenvalue weighted by atomic mass is 9.49. The second kappa shape index (κ2) is 7.46. The first kappa shape index (κ1) is 18.8. The van der Waals surface area contributed by atoms with Crippen LogP contribution in [0.2, 0.25) is 5.02 Å². The lowest BCUT2D eigenvalue weighted by molar-refractivity contribution is -0.155. The second-order valence-electron chi connectivity index (χ2n) is 9.10. The Hall–Kier alpha value is -1.55. The third kappa shape index (κ3) is 4.31. The van der Waals surface area contributed by atoms with E-state index in [1.807, 2.05) is 19.1 Å². The zero-order valence-electron chi connectivity index (χ0n) is 15.9. The number of esters is 1. The Balaban J connectivity index is 1.24. The van der Waals surface area contributed by atoms with Gasteiger partial charge in [-0.05, 0) is 86.3 Å². The summed E-state index contributed by atoms with van der Waals surface area (Å²) < 4.78 is 5.33. The van der Waals surface area contributed by atoms with Gasteiger partial charge in [0.25, 0.3) is 5.91 Å². The number of halogens is 1. The number of amides is 1. The molecule has 5 heteroatoms. The Bertz CT molecular complexity index is 679. The van der Waals surface area contributed by atoms with Crippen LogP contribution in [0.4, 0.5) is 0 Å². The summed E-state index contributed by atoms with van der Waals surface area (Å²) in [5, 5.41) is 3.53. The maximum absolute atomic E-state index is 12.4. The maximum atomic E-state index is 12.4. The third-order valence-corrected chi connectivity index (χ3v) is 7.05. The van der Waals surface area contributed by atoms with Crippen LogP contribution in [-0.2, 0) is 14.3 Å². The van der Waals surface area contributed by atoms with E-state index in [2.05, 4.69) is 5.32 Å². The Morgan fingerprint density at radius 1 is 1.11 bits per heavy atom. The molecule has 1 amide bonds. The van der Waals surface area contributed by atoms with Gasteiger partial charge in [0.05, 0.1) is 12.5 Å². The lowest BCUT2D eigenvalue weighted by Gasteiger charge is -2.56. The number of ether oxygens (including phenoxy) is 1. The van der Waals surface area contributed by atoms with Crippen LogP contribution < -0.4 is 5.32 Å². The van der Waals surface area contributed by atoms with Crippen LogP contribution in [0.15, 0.2) is 24.3 Å². The molecule has 4 bridgehead atoms. The molecule has 0 radical (unpaired) electrons. The van der Waals surface area contributed by atoms with E-state index < -0.39 is 0 Å². The van der Waals surface area contributed by atoms with Crippen molar-refractivity contribution in [2.75, 3.05) is 6.61 Å². The van der Waals surface area contributed by atoms with Gasteiger partial charge in [0.15, 0.2) is 6.61 Å². The van der Waals surface area contributed by atoms with Gasteiger partial charge in [-0.3, -0.25) is 9.59 Å². The summed E-state index contributed by atoms with van der Waals surface area (Å²) in [4.78, 5) is 24.6. The SMILES string of the molecule is C[C@H](NC(=O)COC(=O)CC12CC3CC(CC(C3)C1)C2)c1ccc(Cl)cc1. The molecule has 0 spiro atoms. The molecule has 4 aliphatic rings. The van der Waals surface area contributed by atoms with Gasteiger partial charge < -0.3 is 10.1 Å². The van der Waals surface area contributed by atoms with Crippen molar-refractivity contribution < 1.29 is 14.3 Å². The van der Waals surface area contributed by atoms with Crippen molar-refractivity contribution in [3.8, 4) is 0 Å². The summed E-state index contributed by atoms with van der Waals surface area (Å²) in [6, 6.07) is 7.20. The van der Waals surface area contributed by atoms with Crippen LogP contribution in [0, 0.1) is 23.2 Å². The minimum absolute atomic E-state index is 0.152. The fourth-order valence-corrected chi connectivity index (χ4v) is 6.25. The number of carbonyl (C=O) groups is 2. The minimum Gasteiger partial charge on any atom is -0.456 e. The normalized spacial score (nSPS) is 32.1. The minimum atomic E-state index is -0.267. The molecule has 0 aromatic heterocycles. The molecule has 27 heavy (non-hydrogen) atoms. The van der Waals surface area contributed by atoms with Crippen molar-refractivity contribution in [3.63, 3.8) is 0 Å². The Morgan fingerprint density at radius 2 is 1.67 bits per heavy atom. The molecule has 4 saturated carbocycles. The Kier molecular flexibility index (Phi) is 5.19. The van der Waals surface area contributed by atoms with Crippen LogP contribution in [0.5, 0.6) is 0 Å². The molecule has 0 aliphatic heterocycles. The molecule has 1 aromatic carbocycles. The first-order valence-electron chi connectivity index (χ1n) is 10.1. The van der Waals surface area contributed by atoms with Gasteiger partial charge in [-0.1, -0.05) is 23.7 Å². The molecule has 1 atom stereocenters. The number of rotatable bonds is 6. The van der Waals surface area contributed by atoms with Gasteiger partial charge in [-0.15, -0.1) is 0 Å². The van der Waals surface area contributed by atoms with Crippen LogP contribution in [0.1, 0.15) is 63.5 Å². The van der Waals surface area contributed by atoms with Crippen molar-refractivity contribution >= 4 is 23.5 Å². The molecular weight excluding hydrogens is 362 g/mol. The Morgan fingerprint density at radius 3 is 2.22 bits per heavy atom. The second-order valence-corrected chi connectivity index (χ2v) is 9.53. The highest BCUT2D eigenvalue weighted by Crippen LogP contribution is 2.61. The van der Waals surface area contributed by atoms with E-state index in [-0.39, 0.29) is 29.9 Å². The maximum Gasteiger partial charge on any atom is 0.306 e. The molecule has 4 nitrogen and oxygen atoms in total. The number of benzene rings is 1. The smallest absolute Gasteiger partial charge is 0.306 e. The van der Waals surface area contributed by atoms with E-state index in [1.54, 1.807) is 12.1 Å². The zero-order valence-corrected chi connectivity index (χ0v) is 16.6. The summed E-state index contributed by atoms with van der Waals surface area (Å²) in [7, 11) is 0. The number of carbonyl (C=O) groups excluding carboxylic acids is 2. The predicted molar refractivity (Wildman–Crippen MR) is 104 cm³/mol. The first-order chi connectivity index (χ1) is 12.9. The van der Waals surface area contributed by atoms with Crippen LogP contribution in [0.25, 0.3) is 0 Å². The topological polar surface area (TPSA) is 55.4 Å². The van der Waals surface area contributed by atoms with E-state index in [0.717, 1.165) is 23.3 Å². The van der Waals surface area contributed by atoms with Gasteiger partial charge in [0.2, 0.25) is 0 Å². The van der Waals surface area contributed by atoms with Crippen molar-refractivity contribution in [2.24, 2.45) is 23.2 Å². The largest absolute Gasteiger partial charge is 0.456 e. The fraction of sp³-hybridized carbons (Fsp3) is 0.636. The van der Waals surface area contributed by atoms with Crippen LogP contribution >= 0.6 is 11.6 Å². The van der Waals surface area contributed by atoms with Crippen molar-refractivity contribution in [2.45, 2.75) is 57.9 Å². The summed E-state index contributed by atoms with van der Waals surface area (Å²) >= 11 is 5.89. The summed E-state index contributed by atoms with van der Waals surface area (Å²) in [6.07, 6.45) is 8.09. The standard InChI is InChI=1S/C22H28ClNO3/c1-14(18-2-4-19(23)5-3-18)24-20(25)13-27-21(26)12-22-9-15-6-16(10-22)8-17(7-15)11-22/h2-5,14-17H,6-13H2,1H3,(H,24,25)/t14-,15?,16?,17?,22?/m0/s1. The van der Waals surface area contributed by atoms with Crippen molar-refractivity contribution in [1.29, 1.82) is 0 Å². The quantitative estimate of drug-likeness (QED) is 0.719. The number of hydrogen-bond acceptors (Lipinski definition) is 3. The molecule has 5 rings (SSSR count). The van der Waals surface area contributed by atoms with Gasteiger partial charge in [0.1, 0.15) is 0 Å². The van der Waals surface area contributed by atoms with E-state index in [1.165, 1.54) is 38.5 Å². The first-order valence-corrected chi connectivity index (χ1v) is 10.5. The zero-order chi connectivity index (χ0) is 19.0. The fourth-order valence-electron chi connectivity index (χ4n) is 6.13. The van der Waals surface area contributed by atoms with Gasteiger partial charge >= 0.3 is 5.97 Å².